The smallest absolute Gasteiger partial charge is 0.338 e. The molecule has 1 N–H and O–H groups in total. The SMILES string of the molecule is CC(C)(C)OCCOc1nccc(C(=O)O)c1F. The van der Waals surface area contributed by atoms with Gasteiger partial charge >= 0.3 is 5.97 Å². The Labute approximate surface area is 105 Å². The van der Waals surface area contributed by atoms with Crippen LogP contribution in [0.15, 0.2) is 12.3 Å². The zero-order valence-corrected chi connectivity index (χ0v) is 10.6. The Morgan fingerprint density at radius 1 is 1.44 bits per heavy atom. The minimum Gasteiger partial charge on any atom is -0.478 e. The molecule has 0 saturated heterocycles. The van der Waals surface area contributed by atoms with Crippen molar-refractivity contribution in [2.45, 2.75) is 26.4 Å². The molecule has 0 radical (unpaired) electrons. The molecule has 1 heterocycles. The van der Waals surface area contributed by atoms with E-state index in [1.165, 1.54) is 6.20 Å². The van der Waals surface area contributed by atoms with E-state index < -0.39 is 17.3 Å². The second-order valence-electron chi connectivity index (χ2n) is 4.59. The van der Waals surface area contributed by atoms with Crippen LogP contribution in [0.5, 0.6) is 5.88 Å². The molecule has 0 bridgehead atoms. The summed E-state index contributed by atoms with van der Waals surface area (Å²) in [7, 11) is 0. The highest BCUT2D eigenvalue weighted by molar-refractivity contribution is 5.88. The Morgan fingerprint density at radius 3 is 2.67 bits per heavy atom. The molecule has 0 aliphatic carbocycles. The first-order valence-electron chi connectivity index (χ1n) is 5.46. The van der Waals surface area contributed by atoms with Gasteiger partial charge in [-0.05, 0) is 26.8 Å². The number of carbonyl (C=O) groups is 1. The quantitative estimate of drug-likeness (QED) is 0.818. The third-order valence-electron chi connectivity index (χ3n) is 1.94. The third kappa shape index (κ3) is 4.29. The van der Waals surface area contributed by atoms with Crippen LogP contribution in [-0.2, 0) is 4.74 Å². The number of carboxylic acids is 1. The monoisotopic (exact) mass is 257 g/mol. The van der Waals surface area contributed by atoms with Gasteiger partial charge in [0, 0.05) is 6.20 Å². The van der Waals surface area contributed by atoms with Gasteiger partial charge in [-0.2, -0.15) is 0 Å². The minimum absolute atomic E-state index is 0.101. The highest BCUT2D eigenvalue weighted by Crippen LogP contribution is 2.17. The molecule has 0 aliphatic rings. The van der Waals surface area contributed by atoms with Gasteiger partial charge in [0.2, 0.25) is 0 Å². The fraction of sp³-hybridized carbons (Fsp3) is 0.500. The van der Waals surface area contributed by atoms with Gasteiger partial charge in [0.15, 0.2) is 5.82 Å². The molecule has 0 unspecified atom stereocenters. The van der Waals surface area contributed by atoms with Crippen LogP contribution in [0.2, 0.25) is 0 Å². The maximum absolute atomic E-state index is 13.6. The van der Waals surface area contributed by atoms with Crippen molar-refractivity contribution in [1.82, 2.24) is 4.98 Å². The van der Waals surface area contributed by atoms with E-state index in [0.29, 0.717) is 0 Å². The van der Waals surface area contributed by atoms with Crippen molar-refractivity contribution in [3.8, 4) is 5.88 Å². The lowest BCUT2D eigenvalue weighted by Gasteiger charge is -2.19. The number of ether oxygens (including phenoxy) is 2. The standard InChI is InChI=1S/C12H16FNO4/c1-12(2,3)18-7-6-17-10-9(13)8(11(15)16)4-5-14-10/h4-5H,6-7H2,1-3H3,(H,15,16). The first-order chi connectivity index (χ1) is 8.31. The van der Waals surface area contributed by atoms with Crippen molar-refractivity contribution in [2.75, 3.05) is 13.2 Å². The summed E-state index contributed by atoms with van der Waals surface area (Å²) in [5.74, 6) is -2.65. The summed E-state index contributed by atoms with van der Waals surface area (Å²) in [5.41, 5.74) is -0.769. The molecule has 0 aliphatic heterocycles. The second-order valence-corrected chi connectivity index (χ2v) is 4.59. The minimum atomic E-state index is -1.36. The number of aromatic carboxylic acids is 1. The molecule has 6 heteroatoms. The number of aromatic nitrogens is 1. The molecule has 0 saturated carbocycles. The van der Waals surface area contributed by atoms with Crippen LogP contribution >= 0.6 is 0 Å². The van der Waals surface area contributed by atoms with Crippen LogP contribution in [0.25, 0.3) is 0 Å². The van der Waals surface area contributed by atoms with E-state index in [4.69, 9.17) is 14.6 Å². The van der Waals surface area contributed by atoms with E-state index in [0.717, 1.165) is 6.07 Å². The Balaban J connectivity index is 2.58. The summed E-state index contributed by atoms with van der Waals surface area (Å²) in [6, 6.07) is 1.08. The molecule has 0 spiro atoms. The first kappa shape index (κ1) is 14.4. The lowest BCUT2D eigenvalue weighted by molar-refractivity contribution is -0.0172. The summed E-state index contributed by atoms with van der Waals surface area (Å²) >= 11 is 0. The van der Waals surface area contributed by atoms with Gasteiger partial charge in [0.25, 0.3) is 5.88 Å². The van der Waals surface area contributed by atoms with Gasteiger partial charge in [-0.3, -0.25) is 0 Å². The Hall–Kier alpha value is -1.69. The summed E-state index contributed by atoms with van der Waals surface area (Å²) in [5, 5.41) is 8.72. The van der Waals surface area contributed by atoms with Crippen LogP contribution in [0, 0.1) is 5.82 Å². The molecular weight excluding hydrogens is 241 g/mol. The molecule has 0 amide bonds. The third-order valence-corrected chi connectivity index (χ3v) is 1.94. The van der Waals surface area contributed by atoms with Gasteiger partial charge < -0.3 is 14.6 Å². The van der Waals surface area contributed by atoms with Crippen LogP contribution < -0.4 is 4.74 Å². The summed E-state index contributed by atoms with van der Waals surface area (Å²) in [6.45, 7) is 6.02. The topological polar surface area (TPSA) is 68.7 Å². The normalized spacial score (nSPS) is 11.3. The Bertz CT molecular complexity index is 429. The van der Waals surface area contributed by atoms with Crippen molar-refractivity contribution in [1.29, 1.82) is 0 Å². The van der Waals surface area contributed by atoms with Gasteiger partial charge in [-0.15, -0.1) is 0 Å². The molecule has 5 nitrogen and oxygen atoms in total. The fourth-order valence-electron chi connectivity index (χ4n) is 1.18. The van der Waals surface area contributed by atoms with Gasteiger partial charge in [-0.25, -0.2) is 14.2 Å². The number of hydrogen-bond donors (Lipinski definition) is 1. The lowest BCUT2D eigenvalue weighted by atomic mass is 10.2. The van der Waals surface area contributed by atoms with E-state index in [9.17, 15) is 9.18 Å². The molecule has 18 heavy (non-hydrogen) atoms. The predicted molar refractivity (Wildman–Crippen MR) is 62.4 cm³/mol. The van der Waals surface area contributed by atoms with Gasteiger partial charge in [-0.1, -0.05) is 0 Å². The predicted octanol–water partition coefficient (Wildman–Crippen LogP) is 2.11. The van der Waals surface area contributed by atoms with Gasteiger partial charge in [0.05, 0.1) is 12.2 Å². The largest absolute Gasteiger partial charge is 0.478 e. The molecule has 0 aromatic carbocycles. The van der Waals surface area contributed by atoms with E-state index in [2.05, 4.69) is 4.98 Å². The highest BCUT2D eigenvalue weighted by Gasteiger charge is 2.16. The summed E-state index contributed by atoms with van der Waals surface area (Å²) in [4.78, 5) is 14.3. The summed E-state index contributed by atoms with van der Waals surface area (Å²) in [6.07, 6.45) is 1.19. The van der Waals surface area contributed by atoms with Crippen LogP contribution in [-0.4, -0.2) is 34.9 Å². The molecule has 0 fully saturated rings. The van der Waals surface area contributed by atoms with E-state index in [1.54, 1.807) is 0 Å². The Kier molecular flexibility index (Phi) is 4.61. The lowest BCUT2D eigenvalue weighted by Crippen LogP contribution is -2.22. The maximum Gasteiger partial charge on any atom is 0.338 e. The summed E-state index contributed by atoms with van der Waals surface area (Å²) < 4.78 is 24.0. The maximum atomic E-state index is 13.6. The number of carboxylic acid groups (broad SMARTS) is 1. The zero-order valence-electron chi connectivity index (χ0n) is 10.6. The van der Waals surface area contributed by atoms with Crippen LogP contribution in [0.1, 0.15) is 31.1 Å². The first-order valence-corrected chi connectivity index (χ1v) is 5.46. The molecule has 100 valence electrons. The highest BCUT2D eigenvalue weighted by atomic mass is 19.1. The van der Waals surface area contributed by atoms with Crippen molar-refractivity contribution in [3.63, 3.8) is 0 Å². The van der Waals surface area contributed by atoms with Crippen molar-refractivity contribution < 1.29 is 23.8 Å². The molecule has 1 aromatic rings. The number of halogens is 1. The number of hydrogen-bond acceptors (Lipinski definition) is 4. The average molecular weight is 257 g/mol. The van der Waals surface area contributed by atoms with E-state index in [-0.39, 0.29) is 24.7 Å². The van der Waals surface area contributed by atoms with Crippen molar-refractivity contribution >= 4 is 5.97 Å². The van der Waals surface area contributed by atoms with Crippen LogP contribution in [0.3, 0.4) is 0 Å². The molecular formula is C12H16FNO4. The molecule has 1 aromatic heterocycles. The van der Waals surface area contributed by atoms with Gasteiger partial charge in [0.1, 0.15) is 12.2 Å². The van der Waals surface area contributed by atoms with Crippen molar-refractivity contribution in [2.24, 2.45) is 0 Å². The number of nitrogens with zero attached hydrogens (tertiary/aromatic N) is 1. The zero-order chi connectivity index (χ0) is 13.8. The number of pyridine rings is 1. The van der Waals surface area contributed by atoms with E-state index >= 15 is 0 Å². The molecule has 0 atom stereocenters. The molecule has 1 rings (SSSR count). The average Bonchev–Trinajstić information content (AvgIpc) is 2.24. The fourth-order valence-corrected chi connectivity index (χ4v) is 1.18. The van der Waals surface area contributed by atoms with E-state index in [1.807, 2.05) is 20.8 Å². The number of rotatable bonds is 5. The van der Waals surface area contributed by atoms with Crippen molar-refractivity contribution in [3.05, 3.63) is 23.6 Å². The Morgan fingerprint density at radius 2 is 2.11 bits per heavy atom. The van der Waals surface area contributed by atoms with Crippen LogP contribution in [0.4, 0.5) is 4.39 Å². The second kappa shape index (κ2) is 5.77.